The number of hydrogen-bond donors (Lipinski definition) is 1. The number of fused-ring (bicyclic) bond motifs is 1. The second-order valence-corrected chi connectivity index (χ2v) is 6.27. The lowest BCUT2D eigenvalue weighted by Crippen LogP contribution is -2.43. The van der Waals surface area contributed by atoms with Crippen molar-refractivity contribution in [3.8, 4) is 0 Å². The monoisotopic (exact) mass is 273 g/mol. The third-order valence-corrected chi connectivity index (χ3v) is 5.05. The third kappa shape index (κ3) is 2.76. The number of rotatable bonds is 5. The van der Waals surface area contributed by atoms with Gasteiger partial charge in [-0.1, -0.05) is 24.3 Å². The van der Waals surface area contributed by atoms with E-state index in [1.807, 2.05) is 0 Å². The first-order valence-corrected chi connectivity index (χ1v) is 7.97. The van der Waals surface area contributed by atoms with E-state index in [4.69, 9.17) is 0 Å². The van der Waals surface area contributed by atoms with Crippen LogP contribution in [0.1, 0.15) is 30.0 Å². The molecule has 3 heteroatoms. The predicted octanol–water partition coefficient (Wildman–Crippen LogP) is 1.90. The molecule has 1 aromatic rings. The van der Waals surface area contributed by atoms with E-state index in [1.165, 1.54) is 56.6 Å². The molecule has 1 aliphatic heterocycles. The van der Waals surface area contributed by atoms with Crippen LogP contribution in [0.2, 0.25) is 0 Å². The molecule has 0 aromatic heterocycles. The number of likely N-dealkylation sites (N-methyl/N-ethyl adjacent to an activating group) is 2. The fourth-order valence-electron chi connectivity index (χ4n) is 3.80. The van der Waals surface area contributed by atoms with Gasteiger partial charge in [-0.15, -0.1) is 0 Å². The first-order valence-electron chi connectivity index (χ1n) is 7.97. The van der Waals surface area contributed by atoms with Crippen LogP contribution in [0.4, 0.5) is 0 Å². The molecule has 20 heavy (non-hydrogen) atoms. The Kier molecular flexibility index (Phi) is 4.39. The van der Waals surface area contributed by atoms with Gasteiger partial charge in [0.15, 0.2) is 0 Å². The molecule has 1 saturated heterocycles. The van der Waals surface area contributed by atoms with Crippen LogP contribution in [0, 0.1) is 0 Å². The van der Waals surface area contributed by atoms with E-state index in [-0.39, 0.29) is 0 Å². The van der Waals surface area contributed by atoms with Gasteiger partial charge in [0.05, 0.1) is 0 Å². The van der Waals surface area contributed by atoms with Crippen molar-refractivity contribution in [3.05, 3.63) is 35.4 Å². The quantitative estimate of drug-likeness (QED) is 0.884. The molecule has 3 nitrogen and oxygen atoms in total. The Morgan fingerprint density at radius 1 is 1.25 bits per heavy atom. The van der Waals surface area contributed by atoms with Crippen LogP contribution in [0.15, 0.2) is 24.3 Å². The molecule has 2 unspecified atom stereocenters. The van der Waals surface area contributed by atoms with Gasteiger partial charge < -0.3 is 10.2 Å². The van der Waals surface area contributed by atoms with E-state index >= 15 is 0 Å². The topological polar surface area (TPSA) is 18.5 Å². The van der Waals surface area contributed by atoms with Gasteiger partial charge in [0.1, 0.15) is 0 Å². The highest BCUT2D eigenvalue weighted by atomic mass is 15.2. The van der Waals surface area contributed by atoms with E-state index in [0.29, 0.717) is 12.1 Å². The van der Waals surface area contributed by atoms with E-state index in [1.54, 1.807) is 0 Å². The molecule has 1 heterocycles. The number of benzene rings is 1. The maximum atomic E-state index is 3.52. The Morgan fingerprint density at radius 3 is 2.75 bits per heavy atom. The summed E-state index contributed by atoms with van der Waals surface area (Å²) in [5, 5.41) is 3.52. The molecule has 1 N–H and O–H groups in total. The Hall–Kier alpha value is -0.900. The van der Waals surface area contributed by atoms with E-state index < -0.39 is 0 Å². The van der Waals surface area contributed by atoms with Crippen molar-refractivity contribution in [1.29, 1.82) is 0 Å². The van der Waals surface area contributed by atoms with Crippen LogP contribution in [-0.4, -0.2) is 56.1 Å². The zero-order valence-electron chi connectivity index (χ0n) is 12.8. The average molecular weight is 273 g/mol. The number of nitrogens with zero attached hydrogens (tertiary/aromatic N) is 2. The number of likely N-dealkylation sites (tertiary alicyclic amines) is 1. The molecule has 1 aliphatic carbocycles. The molecule has 0 amide bonds. The molecule has 1 fully saturated rings. The predicted molar refractivity (Wildman–Crippen MR) is 84.0 cm³/mol. The van der Waals surface area contributed by atoms with Crippen molar-refractivity contribution in [3.63, 3.8) is 0 Å². The Bertz CT molecular complexity index is 440. The highest BCUT2D eigenvalue weighted by Crippen LogP contribution is 2.33. The first-order chi connectivity index (χ1) is 9.79. The zero-order chi connectivity index (χ0) is 13.9. The Balaban J connectivity index is 1.62. The Labute approximate surface area is 123 Å². The summed E-state index contributed by atoms with van der Waals surface area (Å²) >= 11 is 0. The minimum Gasteiger partial charge on any atom is -0.312 e. The SMILES string of the molecule is CNC1c2ccccc2CC1N(C)CCN1CCCC1. The van der Waals surface area contributed by atoms with E-state index in [2.05, 4.69) is 53.5 Å². The van der Waals surface area contributed by atoms with Crippen molar-refractivity contribution < 1.29 is 0 Å². The van der Waals surface area contributed by atoms with Gasteiger partial charge in [0.2, 0.25) is 0 Å². The van der Waals surface area contributed by atoms with Gasteiger partial charge in [-0.3, -0.25) is 4.90 Å². The van der Waals surface area contributed by atoms with Crippen LogP contribution in [0.5, 0.6) is 0 Å². The largest absolute Gasteiger partial charge is 0.312 e. The summed E-state index contributed by atoms with van der Waals surface area (Å²) in [4.78, 5) is 5.16. The summed E-state index contributed by atoms with van der Waals surface area (Å²) in [6, 6.07) is 9.97. The van der Waals surface area contributed by atoms with Crippen molar-refractivity contribution in [1.82, 2.24) is 15.1 Å². The number of hydrogen-bond acceptors (Lipinski definition) is 3. The highest BCUT2D eigenvalue weighted by Gasteiger charge is 2.33. The highest BCUT2D eigenvalue weighted by molar-refractivity contribution is 5.37. The first kappa shape index (κ1) is 14.1. The minimum atomic E-state index is 0.481. The summed E-state index contributed by atoms with van der Waals surface area (Å²) in [7, 11) is 4.38. The van der Waals surface area contributed by atoms with Gasteiger partial charge >= 0.3 is 0 Å². The van der Waals surface area contributed by atoms with Crippen molar-refractivity contribution >= 4 is 0 Å². The maximum Gasteiger partial charge on any atom is 0.0481 e. The molecule has 110 valence electrons. The van der Waals surface area contributed by atoms with Crippen molar-refractivity contribution in [2.24, 2.45) is 0 Å². The molecule has 0 bridgehead atoms. The molecular weight excluding hydrogens is 246 g/mol. The molecule has 0 radical (unpaired) electrons. The lowest BCUT2D eigenvalue weighted by Gasteiger charge is -2.31. The molecule has 3 rings (SSSR count). The van der Waals surface area contributed by atoms with Gasteiger partial charge in [0.25, 0.3) is 0 Å². The van der Waals surface area contributed by atoms with Crippen LogP contribution >= 0.6 is 0 Å². The van der Waals surface area contributed by atoms with Crippen molar-refractivity contribution in [2.45, 2.75) is 31.3 Å². The summed E-state index contributed by atoms with van der Waals surface area (Å²) in [5.74, 6) is 0. The van der Waals surface area contributed by atoms with Gasteiger partial charge in [0, 0.05) is 25.2 Å². The van der Waals surface area contributed by atoms with Gasteiger partial charge in [-0.05, 0) is 57.6 Å². The average Bonchev–Trinajstić information content (AvgIpc) is 3.11. The standard InChI is InChI=1S/C17H27N3/c1-18-17-15-8-4-3-7-14(15)13-16(17)19(2)11-12-20-9-5-6-10-20/h3-4,7-8,16-18H,5-6,9-13H2,1-2H3. The van der Waals surface area contributed by atoms with Gasteiger partial charge in [-0.25, -0.2) is 0 Å². The fourth-order valence-corrected chi connectivity index (χ4v) is 3.80. The van der Waals surface area contributed by atoms with Gasteiger partial charge in [-0.2, -0.15) is 0 Å². The summed E-state index contributed by atoms with van der Waals surface area (Å²) in [5.41, 5.74) is 3.01. The lowest BCUT2D eigenvalue weighted by molar-refractivity contribution is 0.182. The minimum absolute atomic E-state index is 0.481. The van der Waals surface area contributed by atoms with Crippen LogP contribution in [-0.2, 0) is 6.42 Å². The maximum absolute atomic E-state index is 3.52. The summed E-state index contributed by atoms with van der Waals surface area (Å²) in [6.07, 6.45) is 3.95. The summed E-state index contributed by atoms with van der Waals surface area (Å²) in [6.45, 7) is 5.00. The molecule has 1 aromatic carbocycles. The van der Waals surface area contributed by atoms with Crippen LogP contribution in [0.3, 0.4) is 0 Å². The summed E-state index contributed by atoms with van der Waals surface area (Å²) < 4.78 is 0. The lowest BCUT2D eigenvalue weighted by atomic mass is 10.1. The normalized spacial score (nSPS) is 26.4. The van der Waals surface area contributed by atoms with E-state index in [9.17, 15) is 0 Å². The fraction of sp³-hybridized carbons (Fsp3) is 0.647. The van der Waals surface area contributed by atoms with Crippen molar-refractivity contribution in [2.75, 3.05) is 40.3 Å². The second kappa shape index (κ2) is 6.25. The molecule has 2 aliphatic rings. The second-order valence-electron chi connectivity index (χ2n) is 6.27. The van der Waals surface area contributed by atoms with Crippen LogP contribution < -0.4 is 5.32 Å². The third-order valence-electron chi connectivity index (χ3n) is 5.05. The smallest absolute Gasteiger partial charge is 0.0481 e. The van der Waals surface area contributed by atoms with Crippen LogP contribution in [0.25, 0.3) is 0 Å². The Morgan fingerprint density at radius 2 is 2.00 bits per heavy atom. The molecule has 0 spiro atoms. The molecule has 2 atom stereocenters. The zero-order valence-corrected chi connectivity index (χ0v) is 12.8. The molecular formula is C17H27N3. The molecule has 0 saturated carbocycles. The number of nitrogens with one attached hydrogen (secondary N) is 1. The van der Waals surface area contributed by atoms with E-state index in [0.717, 1.165) is 0 Å².